The Morgan fingerprint density at radius 1 is 1.39 bits per heavy atom. The minimum absolute atomic E-state index is 0.0796. The molecular weight excluding hydrogens is 414 g/mol. The van der Waals surface area contributed by atoms with Gasteiger partial charge in [0.1, 0.15) is 24.3 Å². The molecular formula is C14H16ClF4N5O4. The molecule has 0 saturated carbocycles. The first-order valence-electron chi connectivity index (χ1n) is 8.12. The molecule has 4 N–H and O–H groups in total. The van der Waals surface area contributed by atoms with Crippen LogP contribution in [0.5, 0.6) is 0 Å². The van der Waals surface area contributed by atoms with Crippen molar-refractivity contribution in [3.63, 3.8) is 0 Å². The minimum Gasteiger partial charge on any atom is -0.390 e. The van der Waals surface area contributed by atoms with Gasteiger partial charge in [-0.25, -0.2) is 13.8 Å². The van der Waals surface area contributed by atoms with Crippen molar-refractivity contribution in [2.45, 2.75) is 56.8 Å². The molecule has 0 amide bonds. The fourth-order valence-electron chi connectivity index (χ4n) is 3.12. The van der Waals surface area contributed by atoms with Crippen LogP contribution in [0.1, 0.15) is 19.6 Å². The van der Waals surface area contributed by atoms with Gasteiger partial charge in [-0.15, -0.1) is 0 Å². The summed E-state index contributed by atoms with van der Waals surface area (Å²) in [5.74, 6) is -0.454. The molecule has 0 aromatic carbocycles. The first-order valence-corrected chi connectivity index (χ1v) is 8.50. The number of ether oxygens (including phenoxy) is 1. The highest BCUT2D eigenvalue weighted by Gasteiger charge is 2.49. The van der Waals surface area contributed by atoms with Gasteiger partial charge in [-0.2, -0.15) is 23.1 Å². The third kappa shape index (κ3) is 3.43. The summed E-state index contributed by atoms with van der Waals surface area (Å²) >= 11 is 5.87. The zero-order chi connectivity index (χ0) is 21.0. The van der Waals surface area contributed by atoms with Gasteiger partial charge in [0.25, 0.3) is 0 Å². The van der Waals surface area contributed by atoms with Crippen molar-refractivity contribution in [3.05, 3.63) is 15.6 Å². The van der Waals surface area contributed by atoms with Crippen molar-refractivity contribution >= 4 is 28.7 Å². The largest absolute Gasteiger partial charge is 0.406 e. The van der Waals surface area contributed by atoms with Crippen LogP contribution in [0.15, 0.2) is 4.79 Å². The lowest BCUT2D eigenvalue weighted by Gasteiger charge is -2.18. The quantitative estimate of drug-likeness (QED) is 0.483. The number of fused-ring (bicyclic) bond motifs is 1. The third-order valence-corrected chi connectivity index (χ3v) is 4.66. The van der Waals surface area contributed by atoms with Gasteiger partial charge in [0.05, 0.1) is 6.10 Å². The number of rotatable bonds is 4. The van der Waals surface area contributed by atoms with Crippen molar-refractivity contribution in [2.24, 2.45) is 0 Å². The number of hydrogen-bond acceptors (Lipinski definition) is 7. The molecule has 3 heterocycles. The number of halogens is 5. The average molecular weight is 430 g/mol. The van der Waals surface area contributed by atoms with Crippen molar-refractivity contribution in [2.75, 3.05) is 5.73 Å². The van der Waals surface area contributed by atoms with Gasteiger partial charge < -0.3 is 20.7 Å². The normalized spacial score (nSPS) is 26.9. The summed E-state index contributed by atoms with van der Waals surface area (Å²) in [4.78, 5) is 20.0. The van der Waals surface area contributed by atoms with Crippen LogP contribution in [0, 0.1) is 0 Å². The molecule has 0 unspecified atom stereocenters. The van der Waals surface area contributed by atoms with Crippen LogP contribution in [0.25, 0.3) is 11.2 Å². The summed E-state index contributed by atoms with van der Waals surface area (Å²) in [5, 5.41) is 19.5. The van der Waals surface area contributed by atoms with E-state index in [1.54, 1.807) is 0 Å². The van der Waals surface area contributed by atoms with E-state index in [0.717, 1.165) is 0 Å². The lowest BCUT2D eigenvalue weighted by atomic mass is 10.1. The van der Waals surface area contributed by atoms with Gasteiger partial charge in [0, 0.05) is 0 Å². The van der Waals surface area contributed by atoms with E-state index in [0.29, 0.717) is 4.57 Å². The minimum atomic E-state index is -4.80. The standard InChI is InChI=1S/C14H16ClF4N5O4/c1-2-4(25)8-5(16)7(26)11(28-8)24-10-6(9(15)21-12(20)22-10)23(13(24)27)3-14(17,18)19/h4-5,7-8,11,25-26H,2-3H2,1H3,(H2,20,21,22)/t4-,5+,7+,8+,11+/m0/s1. The maximum Gasteiger partial charge on any atom is 0.406 e. The van der Waals surface area contributed by atoms with E-state index in [1.165, 1.54) is 6.92 Å². The smallest absolute Gasteiger partial charge is 0.390 e. The predicted octanol–water partition coefficient (Wildman–Crippen LogP) is 0.758. The molecule has 5 atom stereocenters. The predicted molar refractivity (Wildman–Crippen MR) is 88.4 cm³/mol. The third-order valence-electron chi connectivity index (χ3n) is 4.39. The number of aliphatic hydroxyl groups excluding tert-OH is 2. The molecule has 2 aromatic heterocycles. The SMILES string of the molecule is CC[C@H](O)[C@H]1O[C@@H](n2c(=O)n(CC(F)(F)F)c3c(Cl)nc(N)nc32)[C@H](O)[C@H]1F. The number of nitrogens with two attached hydrogens (primary N) is 1. The Morgan fingerprint density at radius 2 is 2.04 bits per heavy atom. The molecule has 1 aliphatic heterocycles. The summed E-state index contributed by atoms with van der Waals surface area (Å²) in [6.45, 7) is -0.194. The molecule has 3 rings (SSSR count). The summed E-state index contributed by atoms with van der Waals surface area (Å²) in [6, 6.07) is 0. The van der Waals surface area contributed by atoms with Gasteiger partial charge in [-0.3, -0.25) is 4.57 Å². The zero-order valence-corrected chi connectivity index (χ0v) is 15.0. The summed E-state index contributed by atoms with van der Waals surface area (Å²) in [7, 11) is 0. The Labute approximate surface area is 159 Å². The first-order chi connectivity index (χ1) is 13.0. The van der Waals surface area contributed by atoms with Gasteiger partial charge in [0.2, 0.25) is 5.95 Å². The number of aromatic nitrogens is 4. The van der Waals surface area contributed by atoms with Crippen molar-refractivity contribution in [1.29, 1.82) is 0 Å². The summed E-state index contributed by atoms with van der Waals surface area (Å²) in [6.07, 6.45) is -13.3. The maximum atomic E-state index is 14.4. The van der Waals surface area contributed by atoms with E-state index in [2.05, 4.69) is 9.97 Å². The molecule has 1 aliphatic rings. The number of imidazole rings is 1. The lowest BCUT2D eigenvalue weighted by Crippen LogP contribution is -2.36. The van der Waals surface area contributed by atoms with Crippen LogP contribution < -0.4 is 11.4 Å². The molecule has 1 saturated heterocycles. The van der Waals surface area contributed by atoms with E-state index in [1.807, 2.05) is 0 Å². The Balaban J connectivity index is 2.22. The highest BCUT2D eigenvalue weighted by molar-refractivity contribution is 6.33. The topological polar surface area (TPSA) is 128 Å². The number of anilines is 1. The zero-order valence-electron chi connectivity index (χ0n) is 14.3. The van der Waals surface area contributed by atoms with Crippen LogP contribution in [0.4, 0.5) is 23.5 Å². The Morgan fingerprint density at radius 3 is 2.61 bits per heavy atom. The molecule has 14 heteroatoms. The molecule has 0 spiro atoms. The van der Waals surface area contributed by atoms with E-state index in [-0.39, 0.29) is 11.0 Å². The van der Waals surface area contributed by atoms with Gasteiger partial charge in [-0.05, 0) is 6.42 Å². The van der Waals surface area contributed by atoms with Crippen molar-refractivity contribution in [1.82, 2.24) is 19.1 Å². The molecule has 2 aromatic rings. The first kappa shape index (κ1) is 20.8. The van der Waals surface area contributed by atoms with E-state index >= 15 is 0 Å². The van der Waals surface area contributed by atoms with Crippen LogP contribution in [-0.4, -0.2) is 60.0 Å². The Kier molecular flexibility index (Phi) is 5.29. The molecule has 1 fully saturated rings. The highest BCUT2D eigenvalue weighted by Crippen LogP contribution is 2.35. The van der Waals surface area contributed by atoms with E-state index < -0.39 is 71.4 Å². The fraction of sp³-hybridized carbons (Fsp3) is 0.643. The van der Waals surface area contributed by atoms with Gasteiger partial charge in [-0.1, -0.05) is 18.5 Å². The van der Waals surface area contributed by atoms with Crippen molar-refractivity contribution < 1.29 is 32.5 Å². The molecule has 0 bridgehead atoms. The van der Waals surface area contributed by atoms with Crippen molar-refractivity contribution in [3.8, 4) is 0 Å². The number of aliphatic hydroxyl groups is 2. The fourth-order valence-corrected chi connectivity index (χ4v) is 3.39. The highest BCUT2D eigenvalue weighted by atomic mass is 35.5. The number of nitrogens with zero attached hydrogens (tertiary/aromatic N) is 4. The van der Waals surface area contributed by atoms with Gasteiger partial charge >= 0.3 is 11.9 Å². The maximum absolute atomic E-state index is 14.4. The molecule has 0 aliphatic carbocycles. The van der Waals surface area contributed by atoms with Crippen LogP contribution in [-0.2, 0) is 11.3 Å². The lowest BCUT2D eigenvalue weighted by molar-refractivity contribution is -0.140. The Hall–Kier alpha value is -1.96. The van der Waals surface area contributed by atoms with Crippen LogP contribution in [0.2, 0.25) is 5.15 Å². The number of nitrogen functional groups attached to an aromatic ring is 1. The van der Waals surface area contributed by atoms with Crippen LogP contribution in [0.3, 0.4) is 0 Å². The monoisotopic (exact) mass is 429 g/mol. The Bertz CT molecular complexity index is 948. The van der Waals surface area contributed by atoms with Crippen LogP contribution >= 0.6 is 11.6 Å². The van der Waals surface area contributed by atoms with Gasteiger partial charge in [0.15, 0.2) is 23.2 Å². The molecule has 156 valence electrons. The molecule has 0 radical (unpaired) electrons. The van der Waals surface area contributed by atoms with E-state index in [4.69, 9.17) is 22.1 Å². The molecule has 28 heavy (non-hydrogen) atoms. The second-order valence-electron chi connectivity index (χ2n) is 6.30. The average Bonchev–Trinajstić information content (AvgIpc) is 3.01. The van der Waals surface area contributed by atoms with E-state index in [9.17, 15) is 32.6 Å². The number of alkyl halides is 4. The summed E-state index contributed by atoms with van der Waals surface area (Å²) < 4.78 is 59.3. The summed E-state index contributed by atoms with van der Waals surface area (Å²) in [5.41, 5.74) is 3.20. The second-order valence-corrected chi connectivity index (χ2v) is 6.66. The molecule has 9 nitrogen and oxygen atoms in total. The second kappa shape index (κ2) is 7.13. The number of hydrogen-bond donors (Lipinski definition) is 3.